The molecular formula is C16H20O2. The van der Waals surface area contributed by atoms with Gasteiger partial charge in [-0.15, -0.1) is 0 Å². The first-order valence-corrected chi connectivity index (χ1v) is 6.60. The number of Topliss-reactive ketones (excluding diaryl/α,β-unsaturated/α-hetero) is 1. The molecule has 1 aromatic rings. The maximum Gasteiger partial charge on any atom is 0.159 e. The zero-order chi connectivity index (χ0) is 13.0. The summed E-state index contributed by atoms with van der Waals surface area (Å²) in [4.78, 5) is 12.0. The Bertz CT molecular complexity index is 443. The van der Waals surface area contributed by atoms with E-state index in [1.807, 2.05) is 30.3 Å². The smallest absolute Gasteiger partial charge is 0.159 e. The van der Waals surface area contributed by atoms with Gasteiger partial charge in [0.15, 0.2) is 5.78 Å². The Kier molecular flexibility index (Phi) is 4.19. The number of rotatable bonds is 3. The number of ketones is 1. The highest BCUT2D eigenvalue weighted by Gasteiger charge is 2.22. The SMILES string of the molecule is CCC1CCC(=Cc2ccc(OC)cc2)C(=O)C1. The van der Waals surface area contributed by atoms with E-state index in [-0.39, 0.29) is 0 Å². The third-order valence-electron chi connectivity index (χ3n) is 3.69. The summed E-state index contributed by atoms with van der Waals surface area (Å²) in [6.45, 7) is 2.16. The number of carbonyl (C=O) groups is 1. The van der Waals surface area contributed by atoms with Crippen molar-refractivity contribution < 1.29 is 9.53 Å². The van der Waals surface area contributed by atoms with E-state index in [0.29, 0.717) is 11.7 Å². The molecule has 0 amide bonds. The number of benzene rings is 1. The van der Waals surface area contributed by atoms with Crippen molar-refractivity contribution in [3.05, 3.63) is 35.4 Å². The Morgan fingerprint density at radius 1 is 1.33 bits per heavy atom. The van der Waals surface area contributed by atoms with E-state index >= 15 is 0 Å². The summed E-state index contributed by atoms with van der Waals surface area (Å²) in [5.74, 6) is 1.76. The molecule has 1 saturated carbocycles. The van der Waals surface area contributed by atoms with Crippen LogP contribution in [0.25, 0.3) is 6.08 Å². The van der Waals surface area contributed by atoms with E-state index in [1.165, 1.54) is 0 Å². The van der Waals surface area contributed by atoms with Crippen molar-refractivity contribution in [3.63, 3.8) is 0 Å². The molecule has 1 aliphatic rings. The number of methoxy groups -OCH3 is 1. The van der Waals surface area contributed by atoms with Crippen LogP contribution in [-0.2, 0) is 4.79 Å². The van der Waals surface area contributed by atoms with Crippen LogP contribution in [0.5, 0.6) is 5.75 Å². The second-order valence-corrected chi connectivity index (χ2v) is 4.88. The fourth-order valence-electron chi connectivity index (χ4n) is 2.40. The molecule has 1 fully saturated rings. The van der Waals surface area contributed by atoms with Crippen LogP contribution in [-0.4, -0.2) is 12.9 Å². The van der Waals surface area contributed by atoms with Crippen LogP contribution in [0.15, 0.2) is 29.8 Å². The minimum Gasteiger partial charge on any atom is -0.497 e. The van der Waals surface area contributed by atoms with E-state index < -0.39 is 0 Å². The molecule has 1 atom stereocenters. The summed E-state index contributed by atoms with van der Waals surface area (Å²) in [7, 11) is 1.66. The number of allylic oxidation sites excluding steroid dienone is 1. The molecule has 2 nitrogen and oxygen atoms in total. The fraction of sp³-hybridized carbons (Fsp3) is 0.438. The van der Waals surface area contributed by atoms with E-state index in [9.17, 15) is 4.79 Å². The Labute approximate surface area is 109 Å². The Hall–Kier alpha value is -1.57. The van der Waals surface area contributed by atoms with E-state index in [2.05, 4.69) is 6.92 Å². The van der Waals surface area contributed by atoms with Gasteiger partial charge in [-0.1, -0.05) is 25.5 Å². The number of hydrogen-bond acceptors (Lipinski definition) is 2. The van der Waals surface area contributed by atoms with Gasteiger partial charge in [-0.2, -0.15) is 0 Å². The van der Waals surface area contributed by atoms with Crippen LogP contribution in [0.4, 0.5) is 0 Å². The van der Waals surface area contributed by atoms with Crippen molar-refractivity contribution >= 4 is 11.9 Å². The van der Waals surface area contributed by atoms with Crippen LogP contribution in [0.3, 0.4) is 0 Å². The summed E-state index contributed by atoms with van der Waals surface area (Å²) < 4.78 is 5.12. The van der Waals surface area contributed by atoms with Crippen LogP contribution >= 0.6 is 0 Å². The first-order valence-electron chi connectivity index (χ1n) is 6.60. The van der Waals surface area contributed by atoms with Crippen molar-refractivity contribution in [2.45, 2.75) is 32.6 Å². The van der Waals surface area contributed by atoms with Gasteiger partial charge < -0.3 is 4.74 Å². The molecule has 0 spiro atoms. The molecule has 2 rings (SSSR count). The van der Waals surface area contributed by atoms with Crippen LogP contribution in [0, 0.1) is 5.92 Å². The van der Waals surface area contributed by atoms with Gasteiger partial charge in [0.1, 0.15) is 5.75 Å². The summed E-state index contributed by atoms with van der Waals surface area (Å²) in [5.41, 5.74) is 2.05. The Morgan fingerprint density at radius 2 is 2.06 bits per heavy atom. The molecule has 0 bridgehead atoms. The molecule has 0 radical (unpaired) electrons. The lowest BCUT2D eigenvalue weighted by molar-refractivity contribution is -0.117. The average molecular weight is 244 g/mol. The minimum atomic E-state index is 0.323. The topological polar surface area (TPSA) is 26.3 Å². The molecule has 0 heterocycles. The van der Waals surface area contributed by atoms with Crippen LogP contribution in [0.2, 0.25) is 0 Å². The van der Waals surface area contributed by atoms with Crippen LogP contribution in [0.1, 0.15) is 38.2 Å². The van der Waals surface area contributed by atoms with Crippen molar-refractivity contribution in [2.24, 2.45) is 5.92 Å². The van der Waals surface area contributed by atoms with Gasteiger partial charge in [-0.05, 0) is 48.1 Å². The highest BCUT2D eigenvalue weighted by molar-refractivity contribution is 6.00. The molecule has 1 aromatic carbocycles. The zero-order valence-electron chi connectivity index (χ0n) is 11.1. The molecule has 18 heavy (non-hydrogen) atoms. The summed E-state index contributed by atoms with van der Waals surface area (Å²) in [5, 5.41) is 0. The molecule has 0 aliphatic heterocycles. The highest BCUT2D eigenvalue weighted by Crippen LogP contribution is 2.29. The second kappa shape index (κ2) is 5.85. The zero-order valence-corrected chi connectivity index (χ0v) is 11.1. The molecular weight excluding hydrogens is 224 g/mol. The Balaban J connectivity index is 2.10. The highest BCUT2D eigenvalue weighted by atomic mass is 16.5. The minimum absolute atomic E-state index is 0.323. The molecule has 96 valence electrons. The number of hydrogen-bond donors (Lipinski definition) is 0. The monoisotopic (exact) mass is 244 g/mol. The predicted molar refractivity (Wildman–Crippen MR) is 73.6 cm³/mol. The lowest BCUT2D eigenvalue weighted by Gasteiger charge is -2.21. The second-order valence-electron chi connectivity index (χ2n) is 4.88. The first-order chi connectivity index (χ1) is 8.72. The summed E-state index contributed by atoms with van der Waals surface area (Å²) in [6.07, 6.45) is 5.92. The Morgan fingerprint density at radius 3 is 2.61 bits per heavy atom. The summed E-state index contributed by atoms with van der Waals surface area (Å²) in [6, 6.07) is 7.83. The lowest BCUT2D eigenvalue weighted by Crippen LogP contribution is -2.16. The lowest BCUT2D eigenvalue weighted by atomic mass is 9.83. The van der Waals surface area contributed by atoms with Gasteiger partial charge in [0.2, 0.25) is 0 Å². The maximum atomic E-state index is 12.0. The fourth-order valence-corrected chi connectivity index (χ4v) is 2.40. The van der Waals surface area contributed by atoms with E-state index in [4.69, 9.17) is 4.74 Å². The van der Waals surface area contributed by atoms with Gasteiger partial charge in [-0.25, -0.2) is 0 Å². The average Bonchev–Trinajstić information content (AvgIpc) is 2.42. The first kappa shape index (κ1) is 12.9. The van der Waals surface area contributed by atoms with Gasteiger partial charge in [0.25, 0.3) is 0 Å². The van der Waals surface area contributed by atoms with Crippen molar-refractivity contribution in [1.82, 2.24) is 0 Å². The molecule has 1 aliphatic carbocycles. The maximum absolute atomic E-state index is 12.0. The van der Waals surface area contributed by atoms with Crippen molar-refractivity contribution in [3.8, 4) is 5.75 Å². The van der Waals surface area contributed by atoms with Gasteiger partial charge in [-0.3, -0.25) is 4.79 Å². The third kappa shape index (κ3) is 3.00. The normalized spacial score (nSPS) is 22.2. The molecule has 1 unspecified atom stereocenters. The van der Waals surface area contributed by atoms with E-state index in [1.54, 1.807) is 7.11 Å². The van der Waals surface area contributed by atoms with Crippen LogP contribution < -0.4 is 4.74 Å². The van der Waals surface area contributed by atoms with Crippen molar-refractivity contribution in [1.29, 1.82) is 0 Å². The number of ether oxygens (including phenoxy) is 1. The van der Waals surface area contributed by atoms with Gasteiger partial charge >= 0.3 is 0 Å². The van der Waals surface area contributed by atoms with Gasteiger partial charge in [0.05, 0.1) is 7.11 Å². The third-order valence-corrected chi connectivity index (χ3v) is 3.69. The van der Waals surface area contributed by atoms with Gasteiger partial charge in [0, 0.05) is 6.42 Å². The quantitative estimate of drug-likeness (QED) is 0.755. The predicted octanol–water partition coefficient (Wildman–Crippen LogP) is 3.86. The van der Waals surface area contributed by atoms with Crippen molar-refractivity contribution in [2.75, 3.05) is 7.11 Å². The standard InChI is InChI=1S/C16H20O2/c1-3-12-4-7-14(16(17)11-12)10-13-5-8-15(18-2)9-6-13/h5-6,8-10,12H,3-4,7,11H2,1-2H3. The molecule has 2 heteroatoms. The van der Waals surface area contributed by atoms with E-state index in [0.717, 1.165) is 42.6 Å². The number of carbonyl (C=O) groups excluding carboxylic acids is 1. The molecule has 0 saturated heterocycles. The molecule has 0 N–H and O–H groups in total. The molecule has 0 aromatic heterocycles. The largest absolute Gasteiger partial charge is 0.497 e. The summed E-state index contributed by atoms with van der Waals surface area (Å²) >= 11 is 0.